The van der Waals surface area contributed by atoms with Gasteiger partial charge in [-0.2, -0.15) is 4.31 Å². The van der Waals surface area contributed by atoms with Gasteiger partial charge in [0.2, 0.25) is 10.0 Å². The van der Waals surface area contributed by atoms with Crippen LogP contribution in [0.4, 0.5) is 13.2 Å². The first-order chi connectivity index (χ1) is 10.1. The highest BCUT2D eigenvalue weighted by Gasteiger charge is 2.28. The van der Waals surface area contributed by atoms with E-state index in [1.54, 1.807) is 0 Å². The summed E-state index contributed by atoms with van der Waals surface area (Å²) >= 11 is 0. The van der Waals surface area contributed by atoms with Crippen LogP contribution in [0.25, 0.3) is 0 Å². The zero-order chi connectivity index (χ0) is 17.1. The predicted molar refractivity (Wildman–Crippen MR) is 69.3 cm³/mol. The molecule has 0 saturated heterocycles. The average molecular weight is 341 g/mol. The fourth-order valence-electron chi connectivity index (χ4n) is 1.53. The van der Waals surface area contributed by atoms with Gasteiger partial charge in [-0.3, -0.25) is 0 Å². The third kappa shape index (κ3) is 3.96. The monoisotopic (exact) mass is 341 g/mol. The van der Waals surface area contributed by atoms with Crippen LogP contribution < -0.4 is 0 Å². The van der Waals surface area contributed by atoms with Gasteiger partial charge < -0.3 is 9.84 Å². The molecule has 0 radical (unpaired) electrons. The second kappa shape index (κ2) is 7.07. The molecule has 1 rings (SSSR count). The zero-order valence-electron chi connectivity index (χ0n) is 11.8. The fraction of sp³-hybridized carbons (Fsp3) is 0.417. The molecule has 0 fully saturated rings. The molecule has 0 unspecified atom stereocenters. The number of rotatable bonds is 7. The molecule has 0 atom stereocenters. The molecule has 22 heavy (non-hydrogen) atoms. The molecule has 0 bridgehead atoms. The van der Waals surface area contributed by atoms with E-state index in [9.17, 15) is 26.4 Å². The smallest absolute Gasteiger partial charge is 0.329 e. The lowest BCUT2D eigenvalue weighted by molar-refractivity contribution is -0.142. The highest BCUT2D eigenvalue weighted by molar-refractivity contribution is 7.89. The Bertz CT molecular complexity index is 678. The second-order valence-corrected chi connectivity index (χ2v) is 6.40. The number of hydrogen-bond donors (Lipinski definition) is 1. The molecule has 0 aliphatic carbocycles. The summed E-state index contributed by atoms with van der Waals surface area (Å²) in [4.78, 5) is 9.23. The minimum Gasteiger partial charge on any atom is -0.480 e. The van der Waals surface area contributed by atoms with Crippen LogP contribution >= 0.6 is 0 Å². The van der Waals surface area contributed by atoms with Crippen molar-refractivity contribution in [1.82, 2.24) is 4.31 Å². The molecular weight excluding hydrogens is 327 g/mol. The van der Waals surface area contributed by atoms with E-state index in [1.807, 2.05) is 0 Å². The highest BCUT2D eigenvalue weighted by atomic mass is 32.2. The van der Waals surface area contributed by atoms with Crippen LogP contribution in [0.15, 0.2) is 11.0 Å². The number of benzene rings is 1. The first-order valence-corrected chi connectivity index (χ1v) is 7.43. The Labute approximate surface area is 125 Å². The van der Waals surface area contributed by atoms with Crippen molar-refractivity contribution in [2.75, 3.05) is 26.8 Å². The summed E-state index contributed by atoms with van der Waals surface area (Å²) in [6.07, 6.45) is 0. The van der Waals surface area contributed by atoms with Crippen molar-refractivity contribution in [3.8, 4) is 0 Å². The minimum absolute atomic E-state index is 0.258. The van der Waals surface area contributed by atoms with Crippen LogP contribution in [0.2, 0.25) is 0 Å². The topological polar surface area (TPSA) is 83.9 Å². The summed E-state index contributed by atoms with van der Waals surface area (Å²) < 4.78 is 69.9. The Balaban J connectivity index is 2.97. The van der Waals surface area contributed by atoms with E-state index in [0.29, 0.717) is 4.31 Å². The molecule has 1 aromatic carbocycles. The van der Waals surface area contributed by atoms with Gasteiger partial charge in [0, 0.05) is 19.2 Å². The Morgan fingerprint density at radius 2 is 1.91 bits per heavy atom. The number of sulfonamides is 1. The maximum Gasteiger partial charge on any atom is 0.329 e. The summed E-state index contributed by atoms with van der Waals surface area (Å²) in [6, 6.07) is 0.265. The van der Waals surface area contributed by atoms with Gasteiger partial charge in [-0.15, -0.1) is 0 Å². The van der Waals surface area contributed by atoms with E-state index >= 15 is 0 Å². The van der Waals surface area contributed by atoms with Crippen LogP contribution in [0.5, 0.6) is 0 Å². The first kappa shape index (κ1) is 18.4. The molecule has 0 amide bonds. The molecule has 0 aromatic heterocycles. The lowest BCUT2D eigenvalue weighted by atomic mass is 10.2. The summed E-state index contributed by atoms with van der Waals surface area (Å²) in [7, 11) is -3.33. The van der Waals surface area contributed by atoms with Gasteiger partial charge in [0.05, 0.1) is 6.61 Å². The van der Waals surface area contributed by atoms with E-state index < -0.39 is 50.5 Å². The average Bonchev–Trinajstić information content (AvgIpc) is 2.44. The van der Waals surface area contributed by atoms with E-state index in [2.05, 4.69) is 4.74 Å². The van der Waals surface area contributed by atoms with E-state index in [1.165, 1.54) is 0 Å². The minimum atomic E-state index is -4.41. The number of carboxylic acids is 1. The Morgan fingerprint density at radius 3 is 2.45 bits per heavy atom. The van der Waals surface area contributed by atoms with E-state index in [0.717, 1.165) is 14.0 Å². The normalized spacial score (nSPS) is 11.9. The van der Waals surface area contributed by atoms with Gasteiger partial charge in [0.25, 0.3) is 0 Å². The van der Waals surface area contributed by atoms with Crippen LogP contribution in [0, 0.1) is 24.4 Å². The standard InChI is InChI=1S/C12H14F3NO5S/c1-7-11(14)8(13)5-9(12(7)15)22(19,20)16(2)3-4-21-6-10(17)18/h5H,3-4,6H2,1-2H3,(H,17,18). The van der Waals surface area contributed by atoms with Crippen molar-refractivity contribution in [2.24, 2.45) is 0 Å². The van der Waals surface area contributed by atoms with Crippen molar-refractivity contribution in [3.05, 3.63) is 29.1 Å². The van der Waals surface area contributed by atoms with Gasteiger partial charge in [-0.1, -0.05) is 0 Å². The zero-order valence-corrected chi connectivity index (χ0v) is 12.6. The molecule has 0 saturated carbocycles. The van der Waals surface area contributed by atoms with E-state index in [4.69, 9.17) is 5.11 Å². The third-order valence-corrected chi connectivity index (χ3v) is 4.66. The van der Waals surface area contributed by atoms with Gasteiger partial charge >= 0.3 is 5.97 Å². The maximum absolute atomic E-state index is 13.9. The maximum atomic E-state index is 13.9. The van der Waals surface area contributed by atoms with Crippen molar-refractivity contribution in [3.63, 3.8) is 0 Å². The third-order valence-electron chi connectivity index (χ3n) is 2.81. The quantitative estimate of drug-likeness (QED) is 0.594. The van der Waals surface area contributed by atoms with Gasteiger partial charge in [-0.25, -0.2) is 26.4 Å². The summed E-state index contributed by atoms with van der Waals surface area (Å²) in [6.45, 7) is -0.241. The van der Waals surface area contributed by atoms with Crippen LogP contribution in [-0.2, 0) is 19.6 Å². The first-order valence-electron chi connectivity index (χ1n) is 5.99. The SMILES string of the molecule is Cc1c(F)c(F)cc(S(=O)(=O)N(C)CCOCC(=O)O)c1F. The molecule has 0 spiro atoms. The summed E-state index contributed by atoms with van der Waals surface area (Å²) in [5, 5.41) is 8.36. The molecule has 1 aromatic rings. The van der Waals surface area contributed by atoms with Gasteiger partial charge in [-0.05, 0) is 13.0 Å². The van der Waals surface area contributed by atoms with Crippen LogP contribution in [-0.4, -0.2) is 50.6 Å². The number of aliphatic carboxylic acids is 1. The summed E-state index contributed by atoms with van der Waals surface area (Å²) in [5.41, 5.74) is -0.742. The number of carbonyl (C=O) groups is 1. The lowest BCUT2D eigenvalue weighted by Crippen LogP contribution is -2.31. The highest BCUT2D eigenvalue weighted by Crippen LogP contribution is 2.25. The number of likely N-dealkylation sites (N-methyl/N-ethyl adjacent to an activating group) is 1. The lowest BCUT2D eigenvalue weighted by Gasteiger charge is -2.18. The molecule has 1 N–H and O–H groups in total. The largest absolute Gasteiger partial charge is 0.480 e. The van der Waals surface area contributed by atoms with Crippen molar-refractivity contribution in [1.29, 1.82) is 0 Å². The second-order valence-electron chi connectivity index (χ2n) is 4.38. The van der Waals surface area contributed by atoms with Crippen LogP contribution in [0.3, 0.4) is 0 Å². The molecule has 124 valence electrons. The van der Waals surface area contributed by atoms with E-state index in [-0.39, 0.29) is 19.2 Å². The molecule has 0 heterocycles. The number of halogens is 3. The molecule has 6 nitrogen and oxygen atoms in total. The number of hydrogen-bond acceptors (Lipinski definition) is 4. The Kier molecular flexibility index (Phi) is 5.92. The summed E-state index contributed by atoms with van der Waals surface area (Å²) in [5.74, 6) is -5.54. The number of nitrogens with zero attached hydrogens (tertiary/aromatic N) is 1. The molecule has 0 aliphatic rings. The molecule has 10 heteroatoms. The Hall–Kier alpha value is -1.65. The van der Waals surface area contributed by atoms with Crippen molar-refractivity contribution < 1.29 is 36.2 Å². The number of ether oxygens (including phenoxy) is 1. The van der Waals surface area contributed by atoms with Gasteiger partial charge in [0.1, 0.15) is 17.3 Å². The Morgan fingerprint density at radius 1 is 1.32 bits per heavy atom. The van der Waals surface area contributed by atoms with Crippen molar-refractivity contribution >= 4 is 16.0 Å². The van der Waals surface area contributed by atoms with Crippen LogP contribution in [0.1, 0.15) is 5.56 Å². The van der Waals surface area contributed by atoms with Crippen molar-refractivity contribution in [2.45, 2.75) is 11.8 Å². The number of carboxylic acid groups (broad SMARTS) is 1. The van der Waals surface area contributed by atoms with Gasteiger partial charge in [0.15, 0.2) is 11.6 Å². The molecular formula is C12H14F3NO5S. The fourth-order valence-corrected chi connectivity index (χ4v) is 2.81. The molecule has 0 aliphatic heterocycles. The predicted octanol–water partition coefficient (Wildman–Crippen LogP) is 1.13.